The van der Waals surface area contributed by atoms with Gasteiger partial charge in [0, 0.05) is 11.5 Å². The molecule has 1 aliphatic heterocycles. The van der Waals surface area contributed by atoms with Gasteiger partial charge in [0.05, 0.1) is 0 Å². The third kappa shape index (κ3) is 2.51. The molecule has 1 aliphatic rings. The highest BCUT2D eigenvalue weighted by Gasteiger charge is 2.79. The van der Waals surface area contributed by atoms with E-state index in [2.05, 4.69) is 4.99 Å². The fourth-order valence-corrected chi connectivity index (χ4v) is 2.74. The van der Waals surface area contributed by atoms with Gasteiger partial charge in [-0.05, 0) is 12.1 Å². The molecule has 1 aromatic carbocycles. The van der Waals surface area contributed by atoms with Gasteiger partial charge in [-0.3, -0.25) is 0 Å². The molecule has 1 aromatic rings. The molecular weight excluding hydrogens is 338 g/mol. The van der Waals surface area contributed by atoms with Crippen LogP contribution in [0.1, 0.15) is 19.4 Å². The van der Waals surface area contributed by atoms with Crippen LogP contribution in [0.5, 0.6) is 0 Å². The first-order valence-electron chi connectivity index (χ1n) is 7.00. The van der Waals surface area contributed by atoms with Gasteiger partial charge in [0.25, 0.3) is 0 Å². The molecular formula is C15H15F6N2O+. The first-order chi connectivity index (χ1) is 11.0. The van der Waals surface area contributed by atoms with Crippen LogP contribution < -0.4 is 0 Å². The van der Waals surface area contributed by atoms with Crippen LogP contribution in [0, 0.1) is 5.92 Å². The second-order valence-electron chi connectivity index (χ2n) is 5.55. The lowest BCUT2D eigenvalue weighted by Gasteiger charge is -2.37. The number of aliphatic hydroxyl groups excluding tert-OH is 1. The maximum Gasteiger partial charge on any atom is 0.579 e. The Hall–Kier alpha value is -1.87. The van der Waals surface area contributed by atoms with Crippen molar-refractivity contribution in [3.63, 3.8) is 0 Å². The number of rotatable bonds is 3. The number of nitrogens with zero attached hydrogens (tertiary/aromatic N) is 2. The number of hydrogen-bond donors (Lipinski definition) is 1. The summed E-state index contributed by atoms with van der Waals surface area (Å²) < 4.78 is 79.1. The van der Waals surface area contributed by atoms with Crippen molar-refractivity contribution in [1.82, 2.24) is 0 Å². The molecule has 3 nitrogen and oxygen atoms in total. The largest absolute Gasteiger partial charge is 0.579 e. The highest BCUT2D eigenvalue weighted by Crippen LogP contribution is 2.55. The van der Waals surface area contributed by atoms with Gasteiger partial charge in [0.15, 0.2) is 5.70 Å². The van der Waals surface area contributed by atoms with Gasteiger partial charge in [0.1, 0.15) is 12.3 Å². The van der Waals surface area contributed by atoms with Gasteiger partial charge < -0.3 is 5.11 Å². The number of alkyl halides is 6. The third-order valence-corrected chi connectivity index (χ3v) is 3.71. The van der Waals surface area contributed by atoms with E-state index in [9.17, 15) is 31.4 Å². The monoisotopic (exact) mass is 353 g/mol. The van der Waals surface area contributed by atoms with Crippen LogP contribution in [-0.4, -0.2) is 34.6 Å². The second-order valence-corrected chi connectivity index (χ2v) is 5.55. The van der Waals surface area contributed by atoms with Crippen LogP contribution in [-0.2, 0) is 0 Å². The Labute approximate surface area is 134 Å². The van der Waals surface area contributed by atoms with Crippen LogP contribution in [0.3, 0.4) is 0 Å². The summed E-state index contributed by atoms with van der Waals surface area (Å²) in [5.74, 6) is -2.11. The molecule has 2 rings (SSSR count). The van der Waals surface area contributed by atoms with Gasteiger partial charge in [0.2, 0.25) is 5.84 Å². The van der Waals surface area contributed by atoms with Gasteiger partial charge in [-0.1, -0.05) is 36.5 Å². The normalized spacial score (nSPS) is 18.3. The highest BCUT2D eigenvalue weighted by molar-refractivity contribution is 5.89. The maximum absolute atomic E-state index is 13.7. The summed E-state index contributed by atoms with van der Waals surface area (Å²) in [6.45, 7) is 1.43. The number of allylic oxidation sites excluding steroid dienone is 1. The molecule has 0 bridgehead atoms. The molecule has 1 heterocycles. The van der Waals surface area contributed by atoms with Gasteiger partial charge in [-0.25, -0.2) is 0 Å². The number of hydrogen-bond acceptors (Lipinski definition) is 2. The summed E-state index contributed by atoms with van der Waals surface area (Å²) in [4.78, 5) is 3.53. The number of aliphatic hydroxyl groups is 1. The van der Waals surface area contributed by atoms with E-state index in [1.165, 1.54) is 32.0 Å². The number of amidine groups is 1. The Morgan fingerprint density at radius 1 is 1.00 bits per heavy atom. The van der Waals surface area contributed by atoms with E-state index in [1.54, 1.807) is 0 Å². The van der Waals surface area contributed by atoms with Gasteiger partial charge >= 0.3 is 12.6 Å². The molecule has 132 valence electrons. The van der Waals surface area contributed by atoms with E-state index in [-0.39, 0.29) is 11.3 Å². The van der Waals surface area contributed by atoms with Crippen molar-refractivity contribution in [2.45, 2.75) is 26.4 Å². The van der Waals surface area contributed by atoms with Crippen LogP contribution in [0.25, 0.3) is 5.70 Å². The third-order valence-electron chi connectivity index (χ3n) is 3.71. The molecule has 0 aliphatic carbocycles. The minimum Gasteiger partial charge on any atom is -0.384 e. The van der Waals surface area contributed by atoms with Crippen molar-refractivity contribution in [3.05, 3.63) is 41.6 Å². The Morgan fingerprint density at radius 3 is 1.88 bits per heavy atom. The molecule has 0 spiro atoms. The maximum atomic E-state index is 13.7. The highest BCUT2D eigenvalue weighted by atomic mass is 19.4. The first-order valence-corrected chi connectivity index (χ1v) is 7.00. The van der Waals surface area contributed by atoms with E-state index < -0.39 is 41.1 Å². The fraction of sp³-hybridized carbons (Fsp3) is 0.400. The molecule has 0 saturated heterocycles. The smallest absolute Gasteiger partial charge is 0.384 e. The van der Waals surface area contributed by atoms with Crippen LogP contribution in [0.2, 0.25) is 0 Å². The molecule has 0 unspecified atom stereocenters. The second kappa shape index (κ2) is 5.89. The summed E-state index contributed by atoms with van der Waals surface area (Å²) in [6, 6.07) is 6.51. The SMILES string of the molecule is CC(C)C1=C(c2ccccc2)[N+](C(F)(F)F)(C(F)(F)F)C(CO)=N1. The quantitative estimate of drug-likeness (QED) is 0.491. The van der Waals surface area contributed by atoms with Crippen LogP contribution in [0.4, 0.5) is 26.3 Å². The predicted molar refractivity (Wildman–Crippen MR) is 75.1 cm³/mol. The lowest BCUT2D eigenvalue weighted by atomic mass is 10.0. The van der Waals surface area contributed by atoms with E-state index >= 15 is 0 Å². The zero-order valence-electron chi connectivity index (χ0n) is 12.8. The van der Waals surface area contributed by atoms with Crippen LogP contribution in [0.15, 0.2) is 41.0 Å². The standard InChI is InChI=1S/C15H15F6N2O/c1-9(2)12-13(10-6-4-3-5-7-10)23(14(16,17)18,15(19,20)21)11(8-24)22-12/h3-7,9,24H,8H2,1-2H3/q+1. The molecule has 0 fully saturated rings. The molecule has 9 heteroatoms. The molecule has 0 saturated carbocycles. The summed E-state index contributed by atoms with van der Waals surface area (Å²) in [6.07, 6.45) is -11.5. The molecule has 24 heavy (non-hydrogen) atoms. The Morgan fingerprint density at radius 2 is 1.50 bits per heavy atom. The topological polar surface area (TPSA) is 32.6 Å². The Bertz CT molecular complexity index is 659. The number of halogens is 6. The zero-order valence-corrected chi connectivity index (χ0v) is 12.8. The Balaban J connectivity index is 2.94. The number of benzene rings is 1. The number of quaternary nitrogens is 1. The van der Waals surface area contributed by atoms with Crippen molar-refractivity contribution in [1.29, 1.82) is 0 Å². The lowest BCUT2D eigenvalue weighted by molar-refractivity contribution is -0.990. The van der Waals surface area contributed by atoms with Crippen LogP contribution >= 0.6 is 0 Å². The van der Waals surface area contributed by atoms with E-state index in [0.717, 1.165) is 12.1 Å². The molecule has 0 radical (unpaired) electrons. The summed E-state index contributed by atoms with van der Waals surface area (Å²) in [5.41, 5.74) is -1.61. The summed E-state index contributed by atoms with van der Waals surface area (Å²) >= 11 is 0. The van der Waals surface area contributed by atoms with Crippen molar-refractivity contribution in [3.8, 4) is 0 Å². The van der Waals surface area contributed by atoms with Crippen molar-refractivity contribution in [2.75, 3.05) is 6.61 Å². The van der Waals surface area contributed by atoms with Crippen molar-refractivity contribution in [2.24, 2.45) is 10.9 Å². The fourth-order valence-electron chi connectivity index (χ4n) is 2.74. The molecule has 0 atom stereocenters. The van der Waals surface area contributed by atoms with E-state index in [1.807, 2.05) is 0 Å². The minimum atomic E-state index is -5.76. The first kappa shape index (κ1) is 18.5. The average Bonchev–Trinajstić information content (AvgIpc) is 2.84. The lowest BCUT2D eigenvalue weighted by Crippen LogP contribution is -2.67. The van der Waals surface area contributed by atoms with E-state index in [4.69, 9.17) is 0 Å². The predicted octanol–water partition coefficient (Wildman–Crippen LogP) is 4.27. The van der Waals surface area contributed by atoms with E-state index in [0.29, 0.717) is 0 Å². The van der Waals surface area contributed by atoms with Gasteiger partial charge in [-0.2, -0.15) is 4.99 Å². The zero-order chi connectivity index (χ0) is 18.3. The summed E-state index contributed by atoms with van der Waals surface area (Å²) in [7, 11) is 0. The Kier molecular flexibility index (Phi) is 4.53. The van der Waals surface area contributed by atoms with Crippen molar-refractivity contribution < 1.29 is 35.9 Å². The summed E-state index contributed by atoms with van der Waals surface area (Å²) in [5, 5.41) is 9.22. The number of aliphatic imine (C=N–C) groups is 1. The molecule has 0 amide bonds. The molecule has 1 N–H and O–H groups in total. The average molecular weight is 353 g/mol. The van der Waals surface area contributed by atoms with Gasteiger partial charge in [-0.15, -0.1) is 26.3 Å². The van der Waals surface area contributed by atoms with Crippen molar-refractivity contribution >= 4 is 11.5 Å². The minimum absolute atomic E-state index is 0.247. The molecule has 0 aromatic heterocycles.